The van der Waals surface area contributed by atoms with Crippen molar-refractivity contribution in [3.8, 4) is 0 Å². The minimum Gasteiger partial charge on any atom is -0.444 e. The van der Waals surface area contributed by atoms with Crippen LogP contribution in [0.1, 0.15) is 33.6 Å². The summed E-state index contributed by atoms with van der Waals surface area (Å²) in [5.41, 5.74) is 1.21. The summed E-state index contributed by atoms with van der Waals surface area (Å²) >= 11 is 6.10. The SMILES string of the molecule is CC(C)(C)OC(=O)NC1CCN(c2nc(Cl)cc3[nH]cnc23)CC1. The highest BCUT2D eigenvalue weighted by atomic mass is 35.5. The largest absolute Gasteiger partial charge is 0.444 e. The van der Waals surface area contributed by atoms with Crippen LogP contribution in [-0.4, -0.2) is 45.8 Å². The number of anilines is 1. The van der Waals surface area contributed by atoms with E-state index < -0.39 is 5.60 Å². The summed E-state index contributed by atoms with van der Waals surface area (Å²) in [6.07, 6.45) is 2.92. The normalized spacial score (nSPS) is 16.4. The van der Waals surface area contributed by atoms with Crippen LogP contribution < -0.4 is 10.2 Å². The van der Waals surface area contributed by atoms with Crippen LogP contribution in [0.3, 0.4) is 0 Å². The number of ether oxygens (including phenoxy) is 1. The van der Waals surface area contributed by atoms with E-state index in [1.807, 2.05) is 20.8 Å². The van der Waals surface area contributed by atoms with Crippen LogP contribution in [0.5, 0.6) is 0 Å². The van der Waals surface area contributed by atoms with Crippen molar-refractivity contribution in [1.82, 2.24) is 20.3 Å². The van der Waals surface area contributed by atoms with Crippen molar-refractivity contribution in [2.75, 3.05) is 18.0 Å². The Balaban J connectivity index is 1.62. The summed E-state index contributed by atoms with van der Waals surface area (Å²) in [4.78, 5) is 25.9. The molecule has 0 aromatic carbocycles. The number of H-pyrrole nitrogens is 1. The number of fused-ring (bicyclic) bond motifs is 1. The molecule has 0 saturated carbocycles. The molecule has 1 amide bonds. The highest BCUT2D eigenvalue weighted by molar-refractivity contribution is 6.30. The van der Waals surface area contributed by atoms with Crippen LogP contribution in [0.2, 0.25) is 5.15 Å². The van der Waals surface area contributed by atoms with Gasteiger partial charge in [-0.2, -0.15) is 0 Å². The second-order valence-electron chi connectivity index (χ2n) is 6.97. The van der Waals surface area contributed by atoms with E-state index in [4.69, 9.17) is 16.3 Å². The van der Waals surface area contributed by atoms with Gasteiger partial charge in [0, 0.05) is 25.2 Å². The summed E-state index contributed by atoms with van der Waals surface area (Å²) in [5.74, 6) is 0.787. The summed E-state index contributed by atoms with van der Waals surface area (Å²) in [6, 6.07) is 1.87. The van der Waals surface area contributed by atoms with Crippen LogP contribution in [0.4, 0.5) is 10.6 Å². The number of nitrogens with zero attached hydrogens (tertiary/aromatic N) is 3. The lowest BCUT2D eigenvalue weighted by Crippen LogP contribution is -2.46. The van der Waals surface area contributed by atoms with Gasteiger partial charge in [0.2, 0.25) is 0 Å². The number of hydrogen-bond donors (Lipinski definition) is 2. The maximum atomic E-state index is 11.9. The van der Waals surface area contributed by atoms with E-state index in [1.54, 1.807) is 12.4 Å². The number of piperidine rings is 1. The van der Waals surface area contributed by atoms with E-state index in [9.17, 15) is 4.79 Å². The first-order valence-electron chi connectivity index (χ1n) is 8.06. The van der Waals surface area contributed by atoms with Crippen molar-refractivity contribution in [2.24, 2.45) is 0 Å². The predicted molar refractivity (Wildman–Crippen MR) is 93.5 cm³/mol. The second kappa shape index (κ2) is 6.47. The van der Waals surface area contributed by atoms with E-state index >= 15 is 0 Å². The van der Waals surface area contributed by atoms with Gasteiger partial charge in [-0.05, 0) is 33.6 Å². The first-order chi connectivity index (χ1) is 11.3. The molecule has 24 heavy (non-hydrogen) atoms. The molecular formula is C16H22ClN5O2. The monoisotopic (exact) mass is 351 g/mol. The lowest BCUT2D eigenvalue weighted by Gasteiger charge is -2.33. The molecule has 0 bridgehead atoms. The summed E-state index contributed by atoms with van der Waals surface area (Å²) in [7, 11) is 0. The minimum absolute atomic E-state index is 0.102. The zero-order valence-electron chi connectivity index (χ0n) is 14.1. The molecule has 0 aliphatic carbocycles. The molecule has 1 saturated heterocycles. The highest BCUT2D eigenvalue weighted by Gasteiger charge is 2.25. The Morgan fingerprint density at radius 3 is 2.79 bits per heavy atom. The molecule has 2 N–H and O–H groups in total. The Labute approximate surface area is 145 Å². The number of pyridine rings is 1. The molecule has 0 atom stereocenters. The molecule has 1 aliphatic rings. The lowest BCUT2D eigenvalue weighted by molar-refractivity contribution is 0.0497. The second-order valence-corrected chi connectivity index (χ2v) is 7.36. The zero-order valence-corrected chi connectivity index (χ0v) is 14.9. The van der Waals surface area contributed by atoms with Crippen LogP contribution in [0.15, 0.2) is 12.4 Å². The van der Waals surface area contributed by atoms with Crippen molar-refractivity contribution >= 4 is 34.5 Å². The number of aromatic nitrogens is 3. The molecule has 0 radical (unpaired) electrons. The summed E-state index contributed by atoms with van der Waals surface area (Å²) in [5, 5.41) is 3.38. The van der Waals surface area contributed by atoms with Gasteiger partial charge in [-0.25, -0.2) is 14.8 Å². The number of aromatic amines is 1. The molecule has 8 heteroatoms. The van der Waals surface area contributed by atoms with Gasteiger partial charge in [0.05, 0.1) is 11.8 Å². The van der Waals surface area contributed by atoms with E-state index in [1.165, 1.54) is 0 Å². The Kier molecular flexibility index (Phi) is 4.54. The molecule has 7 nitrogen and oxygen atoms in total. The van der Waals surface area contributed by atoms with Crippen LogP contribution in [0.25, 0.3) is 11.0 Å². The Morgan fingerprint density at radius 1 is 1.42 bits per heavy atom. The van der Waals surface area contributed by atoms with Gasteiger partial charge in [0.25, 0.3) is 0 Å². The van der Waals surface area contributed by atoms with Gasteiger partial charge in [-0.1, -0.05) is 11.6 Å². The van der Waals surface area contributed by atoms with Crippen molar-refractivity contribution in [1.29, 1.82) is 0 Å². The minimum atomic E-state index is -0.485. The van der Waals surface area contributed by atoms with Crippen molar-refractivity contribution in [3.63, 3.8) is 0 Å². The summed E-state index contributed by atoms with van der Waals surface area (Å²) in [6.45, 7) is 7.12. The predicted octanol–water partition coefficient (Wildman–Crippen LogP) is 3.10. The van der Waals surface area contributed by atoms with Gasteiger partial charge in [0.1, 0.15) is 16.3 Å². The molecule has 0 spiro atoms. The van der Waals surface area contributed by atoms with Gasteiger partial charge in [-0.3, -0.25) is 0 Å². The number of alkyl carbamates (subject to hydrolysis) is 1. The van der Waals surface area contributed by atoms with Crippen LogP contribution >= 0.6 is 11.6 Å². The molecule has 3 rings (SSSR count). The number of hydrogen-bond acceptors (Lipinski definition) is 5. The van der Waals surface area contributed by atoms with E-state index in [0.717, 1.165) is 42.8 Å². The Bertz CT molecular complexity index is 732. The molecule has 130 valence electrons. The van der Waals surface area contributed by atoms with Gasteiger partial charge >= 0.3 is 6.09 Å². The van der Waals surface area contributed by atoms with Crippen molar-refractivity contribution in [2.45, 2.75) is 45.3 Å². The maximum Gasteiger partial charge on any atom is 0.407 e. The van der Waals surface area contributed by atoms with Gasteiger partial charge in [0.15, 0.2) is 5.82 Å². The number of rotatable bonds is 2. The van der Waals surface area contributed by atoms with E-state index in [0.29, 0.717) is 5.15 Å². The number of imidazole rings is 1. The fourth-order valence-electron chi connectivity index (χ4n) is 2.83. The molecule has 2 aromatic rings. The van der Waals surface area contributed by atoms with E-state index in [-0.39, 0.29) is 12.1 Å². The number of carbonyl (C=O) groups excluding carboxylic acids is 1. The number of carbonyl (C=O) groups is 1. The first-order valence-corrected chi connectivity index (χ1v) is 8.44. The third-order valence-corrected chi connectivity index (χ3v) is 4.07. The molecule has 1 fully saturated rings. The summed E-state index contributed by atoms with van der Waals surface area (Å²) < 4.78 is 5.31. The van der Waals surface area contributed by atoms with Gasteiger partial charge < -0.3 is 19.9 Å². The van der Waals surface area contributed by atoms with Gasteiger partial charge in [-0.15, -0.1) is 0 Å². The van der Waals surface area contributed by atoms with Crippen molar-refractivity contribution in [3.05, 3.63) is 17.5 Å². The fraction of sp³-hybridized carbons (Fsp3) is 0.562. The molecule has 3 heterocycles. The average Bonchev–Trinajstić information content (AvgIpc) is 2.93. The number of nitrogens with one attached hydrogen (secondary N) is 2. The Hall–Kier alpha value is -2.02. The maximum absolute atomic E-state index is 11.9. The number of halogens is 1. The Morgan fingerprint density at radius 2 is 2.12 bits per heavy atom. The smallest absolute Gasteiger partial charge is 0.407 e. The quantitative estimate of drug-likeness (QED) is 0.812. The third kappa shape index (κ3) is 3.90. The third-order valence-electron chi connectivity index (χ3n) is 3.87. The lowest BCUT2D eigenvalue weighted by atomic mass is 10.1. The molecule has 2 aromatic heterocycles. The highest BCUT2D eigenvalue weighted by Crippen LogP contribution is 2.27. The van der Waals surface area contributed by atoms with Crippen LogP contribution in [-0.2, 0) is 4.74 Å². The van der Waals surface area contributed by atoms with E-state index in [2.05, 4.69) is 25.2 Å². The fourth-order valence-corrected chi connectivity index (χ4v) is 3.02. The molecule has 1 aliphatic heterocycles. The first kappa shape index (κ1) is 16.8. The molecule has 0 unspecified atom stereocenters. The van der Waals surface area contributed by atoms with Crippen molar-refractivity contribution < 1.29 is 9.53 Å². The topological polar surface area (TPSA) is 83.1 Å². The molecular weight excluding hydrogens is 330 g/mol. The number of amides is 1. The average molecular weight is 352 g/mol. The zero-order chi connectivity index (χ0) is 17.3. The standard InChI is InChI=1S/C16H22ClN5O2/c1-16(2,3)24-15(23)20-10-4-6-22(7-5-10)14-13-11(18-9-19-13)8-12(17)21-14/h8-10H,4-7H2,1-3H3,(H,18,19)(H,20,23). The van der Waals surface area contributed by atoms with Crippen LogP contribution in [0, 0.1) is 0 Å².